The Hall–Kier alpha value is -3.32. The predicted octanol–water partition coefficient (Wildman–Crippen LogP) is 4.71. The number of hydrogen-bond acceptors (Lipinski definition) is 6. The Bertz CT molecular complexity index is 1140. The monoisotopic (exact) mass is 383 g/mol. The topological polar surface area (TPSA) is 90.4 Å². The number of pyridine rings is 1. The van der Waals surface area contributed by atoms with Crippen LogP contribution in [0.15, 0.2) is 51.6 Å². The zero-order valence-corrected chi connectivity index (χ0v) is 15.2. The molecule has 0 fully saturated rings. The van der Waals surface area contributed by atoms with E-state index in [4.69, 9.17) is 25.3 Å². The van der Waals surface area contributed by atoms with E-state index in [1.807, 2.05) is 0 Å². The van der Waals surface area contributed by atoms with E-state index in [-0.39, 0.29) is 11.6 Å². The van der Waals surface area contributed by atoms with Crippen molar-refractivity contribution in [1.29, 1.82) is 0 Å². The lowest BCUT2D eigenvalue weighted by atomic mass is 10.1. The van der Waals surface area contributed by atoms with Gasteiger partial charge in [0.15, 0.2) is 5.76 Å². The third kappa shape index (κ3) is 3.13. The van der Waals surface area contributed by atoms with Gasteiger partial charge in [0, 0.05) is 5.02 Å². The number of carbonyl (C=O) groups is 1. The molecule has 1 N–H and O–H groups in total. The molecule has 0 aliphatic rings. The van der Waals surface area contributed by atoms with Gasteiger partial charge in [-0.05, 0) is 43.3 Å². The van der Waals surface area contributed by atoms with Gasteiger partial charge in [-0.3, -0.25) is 4.79 Å². The van der Waals surface area contributed by atoms with E-state index in [1.165, 1.54) is 13.4 Å². The number of carbonyl (C=O) groups excluding carboxylic acids is 1. The highest BCUT2D eigenvalue weighted by molar-refractivity contribution is 6.31. The Morgan fingerprint density at radius 3 is 2.85 bits per heavy atom. The van der Waals surface area contributed by atoms with Crippen LogP contribution in [0.4, 0.5) is 5.69 Å². The number of fused-ring (bicyclic) bond motifs is 1. The number of furan rings is 1. The number of halogens is 1. The van der Waals surface area contributed by atoms with Gasteiger partial charge in [-0.2, -0.15) is 0 Å². The standard InChI is InChI=1S/C19H14ClN3O4/c1-10-17-12(18(24)21-13-8-11(20)5-6-15(13)25-2)9-14(16-4-3-7-26-16)22-19(17)27-23-10/h3-9H,1-2H3,(H,21,24). The number of anilines is 1. The normalized spacial score (nSPS) is 10.9. The quantitative estimate of drug-likeness (QED) is 0.549. The summed E-state index contributed by atoms with van der Waals surface area (Å²) in [5.41, 5.74) is 2.09. The highest BCUT2D eigenvalue weighted by atomic mass is 35.5. The number of amides is 1. The van der Waals surface area contributed by atoms with Crippen molar-refractivity contribution in [1.82, 2.24) is 10.1 Å². The molecular formula is C19H14ClN3O4. The van der Waals surface area contributed by atoms with Gasteiger partial charge >= 0.3 is 0 Å². The first-order valence-electron chi connectivity index (χ1n) is 8.02. The maximum absolute atomic E-state index is 13.0. The molecule has 0 saturated carbocycles. The minimum Gasteiger partial charge on any atom is -0.495 e. The Morgan fingerprint density at radius 2 is 2.11 bits per heavy atom. The molecule has 0 aliphatic heterocycles. The van der Waals surface area contributed by atoms with Crippen LogP contribution in [0.3, 0.4) is 0 Å². The smallest absolute Gasteiger partial charge is 0.259 e. The number of ether oxygens (including phenoxy) is 1. The van der Waals surface area contributed by atoms with Crippen molar-refractivity contribution in [3.63, 3.8) is 0 Å². The summed E-state index contributed by atoms with van der Waals surface area (Å²) in [6, 6.07) is 10.1. The summed E-state index contributed by atoms with van der Waals surface area (Å²) in [6.07, 6.45) is 1.53. The Morgan fingerprint density at radius 1 is 1.26 bits per heavy atom. The fourth-order valence-electron chi connectivity index (χ4n) is 2.79. The highest BCUT2D eigenvalue weighted by Gasteiger charge is 2.21. The molecule has 0 aliphatic carbocycles. The van der Waals surface area contributed by atoms with E-state index in [9.17, 15) is 4.79 Å². The van der Waals surface area contributed by atoms with E-state index in [2.05, 4.69) is 15.5 Å². The third-order valence-electron chi connectivity index (χ3n) is 4.05. The molecule has 4 rings (SSSR count). The van der Waals surface area contributed by atoms with E-state index < -0.39 is 0 Å². The second-order valence-electron chi connectivity index (χ2n) is 5.78. The molecule has 136 valence electrons. The summed E-state index contributed by atoms with van der Waals surface area (Å²) in [4.78, 5) is 17.4. The largest absolute Gasteiger partial charge is 0.495 e. The molecule has 1 amide bonds. The van der Waals surface area contributed by atoms with Crippen molar-refractivity contribution >= 4 is 34.3 Å². The number of methoxy groups -OCH3 is 1. The SMILES string of the molecule is COc1ccc(Cl)cc1NC(=O)c1cc(-c2ccco2)nc2onc(C)c12. The van der Waals surface area contributed by atoms with Crippen LogP contribution in [0.1, 0.15) is 16.1 Å². The number of hydrogen-bond donors (Lipinski definition) is 1. The second-order valence-corrected chi connectivity index (χ2v) is 6.22. The number of aryl methyl sites for hydroxylation is 1. The molecule has 27 heavy (non-hydrogen) atoms. The van der Waals surface area contributed by atoms with Gasteiger partial charge in [0.25, 0.3) is 11.6 Å². The molecule has 0 unspecified atom stereocenters. The number of aromatic nitrogens is 2. The van der Waals surface area contributed by atoms with Gasteiger partial charge in [-0.25, -0.2) is 4.98 Å². The average Bonchev–Trinajstić information content (AvgIpc) is 3.31. The lowest BCUT2D eigenvalue weighted by Crippen LogP contribution is -2.14. The van der Waals surface area contributed by atoms with Gasteiger partial charge in [-0.1, -0.05) is 16.8 Å². The summed E-state index contributed by atoms with van der Waals surface area (Å²) in [5.74, 6) is 0.633. The van der Waals surface area contributed by atoms with E-state index in [0.29, 0.717) is 44.6 Å². The molecule has 4 aromatic rings. The van der Waals surface area contributed by atoms with Crippen LogP contribution >= 0.6 is 11.6 Å². The van der Waals surface area contributed by atoms with Crippen LogP contribution in [-0.2, 0) is 0 Å². The van der Waals surface area contributed by atoms with Gasteiger partial charge in [0.1, 0.15) is 11.4 Å². The van der Waals surface area contributed by atoms with Crippen LogP contribution in [0.25, 0.3) is 22.6 Å². The number of nitrogens with zero attached hydrogens (tertiary/aromatic N) is 2. The zero-order valence-electron chi connectivity index (χ0n) is 14.4. The number of rotatable bonds is 4. The predicted molar refractivity (Wildman–Crippen MR) is 100 cm³/mol. The van der Waals surface area contributed by atoms with E-state index >= 15 is 0 Å². The molecule has 3 aromatic heterocycles. The van der Waals surface area contributed by atoms with Gasteiger partial charge in [0.05, 0.1) is 35.7 Å². The van der Waals surface area contributed by atoms with Crippen molar-refractivity contribution in [2.45, 2.75) is 6.92 Å². The Balaban J connectivity index is 1.81. The molecule has 0 bridgehead atoms. The number of benzene rings is 1. The van der Waals surface area contributed by atoms with Crippen molar-refractivity contribution in [2.75, 3.05) is 12.4 Å². The molecular weight excluding hydrogens is 370 g/mol. The Labute approximate surface area is 158 Å². The van der Waals surface area contributed by atoms with Crippen LogP contribution in [0.5, 0.6) is 5.75 Å². The first-order valence-corrected chi connectivity index (χ1v) is 8.40. The minimum absolute atomic E-state index is 0.254. The zero-order chi connectivity index (χ0) is 19.0. The first-order chi connectivity index (χ1) is 13.1. The van der Waals surface area contributed by atoms with E-state index in [0.717, 1.165) is 0 Å². The molecule has 8 heteroatoms. The fraction of sp³-hybridized carbons (Fsp3) is 0.105. The molecule has 3 heterocycles. The molecule has 7 nitrogen and oxygen atoms in total. The molecule has 1 aromatic carbocycles. The van der Waals surface area contributed by atoms with Crippen LogP contribution in [0.2, 0.25) is 5.02 Å². The fourth-order valence-corrected chi connectivity index (χ4v) is 2.96. The van der Waals surface area contributed by atoms with Crippen molar-refractivity contribution in [3.05, 3.63) is 58.9 Å². The summed E-state index contributed by atoms with van der Waals surface area (Å²) < 4.78 is 15.9. The lowest BCUT2D eigenvalue weighted by Gasteiger charge is -2.11. The van der Waals surface area contributed by atoms with Crippen molar-refractivity contribution in [2.24, 2.45) is 0 Å². The van der Waals surface area contributed by atoms with Gasteiger partial charge in [-0.15, -0.1) is 0 Å². The molecule has 0 spiro atoms. The second kappa shape index (κ2) is 6.77. The van der Waals surface area contributed by atoms with Gasteiger partial charge < -0.3 is 19.0 Å². The summed E-state index contributed by atoms with van der Waals surface area (Å²) in [5, 5.41) is 7.75. The summed E-state index contributed by atoms with van der Waals surface area (Å²) in [7, 11) is 1.52. The molecule has 0 saturated heterocycles. The third-order valence-corrected chi connectivity index (χ3v) is 4.28. The maximum Gasteiger partial charge on any atom is 0.259 e. The van der Waals surface area contributed by atoms with Crippen LogP contribution in [0, 0.1) is 6.92 Å². The van der Waals surface area contributed by atoms with E-state index in [1.54, 1.807) is 43.3 Å². The van der Waals surface area contributed by atoms with Gasteiger partial charge in [0.2, 0.25) is 0 Å². The minimum atomic E-state index is -0.373. The highest BCUT2D eigenvalue weighted by Crippen LogP contribution is 2.31. The average molecular weight is 384 g/mol. The summed E-state index contributed by atoms with van der Waals surface area (Å²) in [6.45, 7) is 1.75. The molecule has 0 radical (unpaired) electrons. The maximum atomic E-state index is 13.0. The first kappa shape index (κ1) is 17.1. The Kier molecular flexibility index (Phi) is 4.29. The summed E-state index contributed by atoms with van der Waals surface area (Å²) >= 11 is 6.04. The van der Waals surface area contributed by atoms with Crippen LogP contribution in [-0.4, -0.2) is 23.2 Å². The molecule has 0 atom stereocenters. The number of nitrogens with one attached hydrogen (secondary N) is 1. The lowest BCUT2D eigenvalue weighted by molar-refractivity contribution is 0.102. The van der Waals surface area contributed by atoms with Crippen LogP contribution < -0.4 is 10.1 Å². The van der Waals surface area contributed by atoms with Crippen molar-refractivity contribution in [3.8, 4) is 17.2 Å². The van der Waals surface area contributed by atoms with Crippen molar-refractivity contribution < 1.29 is 18.5 Å².